The molecule has 0 saturated heterocycles. The van der Waals surface area contributed by atoms with Gasteiger partial charge in [0.2, 0.25) is 0 Å². The van der Waals surface area contributed by atoms with E-state index in [9.17, 15) is 4.79 Å². The fraction of sp³-hybridized carbons (Fsp3) is 0.400. The van der Waals surface area contributed by atoms with E-state index in [0.717, 1.165) is 25.0 Å². The Morgan fingerprint density at radius 1 is 1.33 bits per heavy atom. The third kappa shape index (κ3) is 1.37. The van der Waals surface area contributed by atoms with E-state index in [2.05, 4.69) is 11.1 Å². The molecule has 62 valence electrons. The number of aryl methyl sites for hydroxylation is 1. The van der Waals surface area contributed by atoms with E-state index < -0.39 is 0 Å². The number of pyridine rings is 1. The zero-order chi connectivity index (χ0) is 8.39. The van der Waals surface area contributed by atoms with Gasteiger partial charge in [-0.15, -0.1) is 0 Å². The highest BCUT2D eigenvalue weighted by Gasteiger charge is 2.13. The molecule has 2 nitrogen and oxygen atoms in total. The summed E-state index contributed by atoms with van der Waals surface area (Å²) >= 11 is 0. The number of ketones is 1. The van der Waals surface area contributed by atoms with Crippen LogP contribution in [0.1, 0.15) is 24.1 Å². The molecule has 0 unspecified atom stereocenters. The predicted molar refractivity (Wildman–Crippen MR) is 45.9 cm³/mol. The molecule has 1 aliphatic carbocycles. The number of Topliss-reactive ketones (excluding diaryl/α,β-unsaturated/α-hetero) is 1. The molecule has 1 aromatic heterocycles. The Morgan fingerprint density at radius 3 is 3.17 bits per heavy atom. The molecule has 12 heavy (non-hydrogen) atoms. The van der Waals surface area contributed by atoms with Gasteiger partial charge in [-0.05, 0) is 24.5 Å². The Morgan fingerprint density at radius 2 is 2.25 bits per heavy atom. The van der Waals surface area contributed by atoms with Gasteiger partial charge in [0.25, 0.3) is 0 Å². The van der Waals surface area contributed by atoms with Crippen molar-refractivity contribution in [2.75, 3.05) is 0 Å². The molecule has 0 amide bonds. The Labute approximate surface area is 71.6 Å². The maximum absolute atomic E-state index is 11.2. The summed E-state index contributed by atoms with van der Waals surface area (Å²) < 4.78 is 0. The minimum atomic E-state index is 0.326. The number of rotatable bonds is 0. The van der Waals surface area contributed by atoms with Gasteiger partial charge in [-0.2, -0.15) is 0 Å². The van der Waals surface area contributed by atoms with Crippen LogP contribution in [0.2, 0.25) is 0 Å². The molecule has 1 aromatic rings. The van der Waals surface area contributed by atoms with Crippen molar-refractivity contribution in [1.82, 2.24) is 4.98 Å². The molecule has 0 fully saturated rings. The molecular weight excluding hydrogens is 150 g/mol. The lowest BCUT2D eigenvalue weighted by Crippen LogP contribution is -2.01. The van der Waals surface area contributed by atoms with Gasteiger partial charge in [-0.3, -0.25) is 9.78 Å². The second-order valence-electron chi connectivity index (χ2n) is 3.18. The Balaban J connectivity index is 2.37. The lowest BCUT2D eigenvalue weighted by atomic mass is 10.1. The van der Waals surface area contributed by atoms with E-state index in [0.29, 0.717) is 12.2 Å². The summed E-state index contributed by atoms with van der Waals surface area (Å²) in [5, 5.41) is 0. The summed E-state index contributed by atoms with van der Waals surface area (Å²) in [4.78, 5) is 15.4. The monoisotopic (exact) mass is 161 g/mol. The smallest absolute Gasteiger partial charge is 0.138 e. The summed E-state index contributed by atoms with van der Waals surface area (Å²) in [5.74, 6) is 0.326. The molecular formula is C10H11NO. The summed E-state index contributed by atoms with van der Waals surface area (Å²) in [5.41, 5.74) is 2.24. The van der Waals surface area contributed by atoms with E-state index >= 15 is 0 Å². The second-order valence-corrected chi connectivity index (χ2v) is 3.18. The fourth-order valence-corrected chi connectivity index (χ4v) is 1.61. The Hall–Kier alpha value is -1.18. The number of carbonyl (C=O) groups is 1. The third-order valence-electron chi connectivity index (χ3n) is 2.25. The van der Waals surface area contributed by atoms with Crippen LogP contribution in [-0.4, -0.2) is 10.8 Å². The molecule has 0 saturated carbocycles. The van der Waals surface area contributed by atoms with Crippen molar-refractivity contribution in [3.63, 3.8) is 0 Å². The average Bonchev–Trinajstić information content (AvgIpc) is 2.25. The van der Waals surface area contributed by atoms with Crippen LogP contribution in [0.4, 0.5) is 0 Å². The largest absolute Gasteiger partial charge is 0.299 e. The van der Waals surface area contributed by atoms with Crippen molar-refractivity contribution >= 4 is 5.78 Å². The van der Waals surface area contributed by atoms with Gasteiger partial charge >= 0.3 is 0 Å². The normalized spacial score (nSPS) is 16.8. The van der Waals surface area contributed by atoms with Crippen LogP contribution in [0.5, 0.6) is 0 Å². The van der Waals surface area contributed by atoms with E-state index in [1.807, 2.05) is 6.07 Å². The Kier molecular flexibility index (Phi) is 1.90. The van der Waals surface area contributed by atoms with Crippen molar-refractivity contribution in [1.29, 1.82) is 0 Å². The van der Waals surface area contributed by atoms with Crippen LogP contribution in [0.25, 0.3) is 0 Å². The quantitative estimate of drug-likeness (QED) is 0.540. The topological polar surface area (TPSA) is 30.0 Å². The molecule has 0 atom stereocenters. The zero-order valence-corrected chi connectivity index (χ0v) is 6.92. The first kappa shape index (κ1) is 7.47. The van der Waals surface area contributed by atoms with Crippen LogP contribution < -0.4 is 0 Å². The van der Waals surface area contributed by atoms with Crippen LogP contribution in [-0.2, 0) is 17.6 Å². The third-order valence-corrected chi connectivity index (χ3v) is 2.25. The molecule has 2 heteroatoms. The highest BCUT2D eigenvalue weighted by Crippen LogP contribution is 2.15. The molecule has 2 rings (SSSR count). The molecule has 0 aromatic carbocycles. The lowest BCUT2D eigenvalue weighted by Gasteiger charge is -2.00. The summed E-state index contributed by atoms with van der Waals surface area (Å²) in [6.07, 6.45) is 5.01. The van der Waals surface area contributed by atoms with Crippen LogP contribution in [0.3, 0.4) is 0 Å². The van der Waals surface area contributed by atoms with Crippen LogP contribution in [0, 0.1) is 0 Å². The maximum atomic E-state index is 11.2. The molecule has 0 aliphatic heterocycles. The maximum Gasteiger partial charge on any atom is 0.138 e. The number of aromatic nitrogens is 1. The predicted octanol–water partition coefficient (Wildman–Crippen LogP) is 1.53. The number of hydrogen-bond donors (Lipinski definition) is 0. The standard InChI is InChI=1S/C10H11NO/c12-9-5-1-3-8-4-2-6-11-10(8)7-9/h2,4,6H,1,3,5,7H2. The highest BCUT2D eigenvalue weighted by atomic mass is 16.1. The summed E-state index contributed by atoms with van der Waals surface area (Å²) in [7, 11) is 0. The lowest BCUT2D eigenvalue weighted by molar-refractivity contribution is -0.118. The first-order valence-electron chi connectivity index (χ1n) is 4.31. The second kappa shape index (κ2) is 3.05. The molecule has 0 bridgehead atoms. The van der Waals surface area contributed by atoms with Crippen molar-refractivity contribution < 1.29 is 4.79 Å². The molecule has 0 N–H and O–H groups in total. The van der Waals surface area contributed by atoms with Crippen molar-refractivity contribution in [3.8, 4) is 0 Å². The molecule has 0 spiro atoms. The Bertz CT molecular complexity index is 306. The van der Waals surface area contributed by atoms with Gasteiger partial charge in [0.1, 0.15) is 5.78 Å². The minimum Gasteiger partial charge on any atom is -0.299 e. The first-order valence-corrected chi connectivity index (χ1v) is 4.31. The van der Waals surface area contributed by atoms with E-state index in [1.54, 1.807) is 6.20 Å². The fourth-order valence-electron chi connectivity index (χ4n) is 1.61. The van der Waals surface area contributed by atoms with Crippen molar-refractivity contribution in [3.05, 3.63) is 29.6 Å². The SMILES string of the molecule is O=C1CCCc2cccnc2C1. The van der Waals surface area contributed by atoms with Gasteiger partial charge in [0, 0.05) is 19.0 Å². The van der Waals surface area contributed by atoms with E-state index in [-0.39, 0.29) is 0 Å². The first-order chi connectivity index (χ1) is 5.86. The van der Waals surface area contributed by atoms with Gasteiger partial charge in [0.15, 0.2) is 0 Å². The van der Waals surface area contributed by atoms with Crippen LogP contribution in [0.15, 0.2) is 18.3 Å². The van der Waals surface area contributed by atoms with Gasteiger partial charge in [-0.25, -0.2) is 0 Å². The highest BCUT2D eigenvalue weighted by molar-refractivity contribution is 5.81. The number of hydrogen-bond acceptors (Lipinski definition) is 2. The van der Waals surface area contributed by atoms with Crippen molar-refractivity contribution in [2.24, 2.45) is 0 Å². The van der Waals surface area contributed by atoms with Gasteiger partial charge in [-0.1, -0.05) is 6.07 Å². The molecule has 0 radical (unpaired) electrons. The number of fused-ring (bicyclic) bond motifs is 1. The van der Waals surface area contributed by atoms with Gasteiger partial charge < -0.3 is 0 Å². The van der Waals surface area contributed by atoms with Crippen LogP contribution >= 0.6 is 0 Å². The number of nitrogens with zero attached hydrogens (tertiary/aromatic N) is 1. The minimum absolute atomic E-state index is 0.326. The zero-order valence-electron chi connectivity index (χ0n) is 6.92. The molecule has 1 aliphatic rings. The van der Waals surface area contributed by atoms with Crippen molar-refractivity contribution in [2.45, 2.75) is 25.7 Å². The summed E-state index contributed by atoms with van der Waals surface area (Å²) in [6.45, 7) is 0. The number of carbonyl (C=O) groups excluding carboxylic acids is 1. The molecule has 1 heterocycles. The summed E-state index contributed by atoms with van der Waals surface area (Å²) in [6, 6.07) is 4.01. The van der Waals surface area contributed by atoms with E-state index in [4.69, 9.17) is 0 Å². The van der Waals surface area contributed by atoms with E-state index in [1.165, 1.54) is 5.56 Å². The average molecular weight is 161 g/mol. The van der Waals surface area contributed by atoms with Gasteiger partial charge in [0.05, 0.1) is 5.69 Å².